The molecule has 0 heterocycles. The smallest absolute Gasteiger partial charge is 0.269 e. The number of non-ortho nitro benzene ring substituents is 1. The van der Waals surface area contributed by atoms with Crippen LogP contribution in [0.5, 0.6) is 0 Å². The highest BCUT2D eigenvalue weighted by atomic mass is 35.5. The minimum atomic E-state index is -0.470. The molecule has 0 spiro atoms. The molecule has 0 bridgehead atoms. The highest BCUT2D eigenvalue weighted by Gasteiger charge is 2.23. The highest BCUT2D eigenvalue weighted by molar-refractivity contribution is 5.95. The van der Waals surface area contributed by atoms with Gasteiger partial charge in [0.05, 0.1) is 4.92 Å². The Labute approximate surface area is 130 Å². The maximum Gasteiger partial charge on any atom is 0.269 e. The van der Waals surface area contributed by atoms with Crippen LogP contribution in [0, 0.1) is 22.5 Å². The van der Waals surface area contributed by atoms with Crippen LogP contribution in [0.25, 0.3) is 0 Å². The summed E-state index contributed by atoms with van der Waals surface area (Å²) in [6.45, 7) is 6.67. The van der Waals surface area contributed by atoms with Gasteiger partial charge in [0.15, 0.2) is 0 Å². The first-order chi connectivity index (χ1) is 9.18. The number of aryl methyl sites for hydroxylation is 1. The number of benzene rings is 1. The normalized spacial score (nSPS) is 10.7. The van der Waals surface area contributed by atoms with Crippen molar-refractivity contribution in [2.45, 2.75) is 20.8 Å². The SMILES string of the molecule is Cc1cc([N+](=O)[O-])ccc1C(=O)N(C)CC(C)(C)CN.Cl. The lowest BCUT2D eigenvalue weighted by molar-refractivity contribution is -0.384. The maximum absolute atomic E-state index is 12.4. The molecule has 2 N–H and O–H groups in total. The number of halogens is 1. The lowest BCUT2D eigenvalue weighted by Gasteiger charge is -2.29. The highest BCUT2D eigenvalue weighted by Crippen LogP contribution is 2.20. The zero-order chi connectivity index (χ0) is 15.5. The summed E-state index contributed by atoms with van der Waals surface area (Å²) >= 11 is 0. The first-order valence-electron chi connectivity index (χ1n) is 6.38. The van der Waals surface area contributed by atoms with Crippen molar-refractivity contribution in [3.63, 3.8) is 0 Å². The van der Waals surface area contributed by atoms with Crippen molar-refractivity contribution < 1.29 is 9.72 Å². The summed E-state index contributed by atoms with van der Waals surface area (Å²) in [7, 11) is 1.71. The zero-order valence-electron chi connectivity index (χ0n) is 12.8. The monoisotopic (exact) mass is 315 g/mol. The molecule has 6 nitrogen and oxygen atoms in total. The number of nitro groups is 1. The lowest BCUT2D eigenvalue weighted by atomic mass is 9.93. The van der Waals surface area contributed by atoms with E-state index in [0.29, 0.717) is 24.2 Å². The average Bonchev–Trinajstić information content (AvgIpc) is 2.37. The fourth-order valence-corrected chi connectivity index (χ4v) is 1.99. The van der Waals surface area contributed by atoms with Gasteiger partial charge >= 0.3 is 0 Å². The quantitative estimate of drug-likeness (QED) is 0.667. The Balaban J connectivity index is 0.00000400. The van der Waals surface area contributed by atoms with Crippen LogP contribution in [0.15, 0.2) is 18.2 Å². The molecule has 21 heavy (non-hydrogen) atoms. The van der Waals surface area contributed by atoms with Gasteiger partial charge in [-0.15, -0.1) is 12.4 Å². The van der Waals surface area contributed by atoms with E-state index in [1.807, 2.05) is 13.8 Å². The number of hydrogen-bond donors (Lipinski definition) is 1. The Bertz CT molecular complexity index is 532. The van der Waals surface area contributed by atoms with E-state index in [2.05, 4.69) is 0 Å². The number of carbonyl (C=O) groups is 1. The van der Waals surface area contributed by atoms with Crippen molar-refractivity contribution in [2.24, 2.45) is 11.1 Å². The van der Waals surface area contributed by atoms with E-state index in [4.69, 9.17) is 5.73 Å². The molecule has 0 fully saturated rings. The van der Waals surface area contributed by atoms with Crippen LogP contribution < -0.4 is 5.73 Å². The molecule has 0 aliphatic rings. The number of nitrogens with zero attached hydrogens (tertiary/aromatic N) is 2. The summed E-state index contributed by atoms with van der Waals surface area (Å²) < 4.78 is 0. The van der Waals surface area contributed by atoms with E-state index >= 15 is 0 Å². The van der Waals surface area contributed by atoms with E-state index in [-0.39, 0.29) is 29.4 Å². The molecule has 0 aliphatic heterocycles. The zero-order valence-corrected chi connectivity index (χ0v) is 13.6. The van der Waals surface area contributed by atoms with Gasteiger partial charge in [-0.25, -0.2) is 0 Å². The number of carbonyl (C=O) groups excluding carboxylic acids is 1. The van der Waals surface area contributed by atoms with Gasteiger partial charge < -0.3 is 10.6 Å². The number of rotatable bonds is 5. The minimum Gasteiger partial charge on any atom is -0.341 e. The predicted octanol–water partition coefficient (Wildman–Crippen LogP) is 2.38. The van der Waals surface area contributed by atoms with Gasteiger partial charge in [-0.2, -0.15) is 0 Å². The van der Waals surface area contributed by atoms with E-state index < -0.39 is 4.92 Å². The van der Waals surface area contributed by atoms with Crippen LogP contribution in [0.2, 0.25) is 0 Å². The topological polar surface area (TPSA) is 89.5 Å². The first kappa shape index (κ1) is 19.3. The van der Waals surface area contributed by atoms with Crippen LogP contribution >= 0.6 is 12.4 Å². The third-order valence-corrected chi connectivity index (χ3v) is 3.22. The van der Waals surface area contributed by atoms with Crippen molar-refractivity contribution >= 4 is 24.0 Å². The second-order valence-corrected chi connectivity index (χ2v) is 5.79. The second-order valence-electron chi connectivity index (χ2n) is 5.79. The molecule has 0 aromatic heterocycles. The van der Waals surface area contributed by atoms with Gasteiger partial charge in [0, 0.05) is 31.3 Å². The molecular formula is C14H22ClN3O3. The Hall–Kier alpha value is -1.66. The summed E-state index contributed by atoms with van der Waals surface area (Å²) in [5.41, 5.74) is 6.56. The third-order valence-electron chi connectivity index (χ3n) is 3.22. The summed E-state index contributed by atoms with van der Waals surface area (Å²) in [6, 6.07) is 4.26. The Morgan fingerprint density at radius 1 is 1.43 bits per heavy atom. The van der Waals surface area contributed by atoms with E-state index in [9.17, 15) is 14.9 Å². The van der Waals surface area contributed by atoms with Crippen molar-refractivity contribution in [2.75, 3.05) is 20.1 Å². The number of nitro benzene ring substituents is 1. The molecular weight excluding hydrogens is 294 g/mol. The van der Waals surface area contributed by atoms with Crippen molar-refractivity contribution in [3.05, 3.63) is 39.4 Å². The maximum atomic E-state index is 12.4. The molecule has 7 heteroatoms. The molecule has 0 saturated carbocycles. The van der Waals surface area contributed by atoms with Crippen molar-refractivity contribution in [1.29, 1.82) is 0 Å². The Kier molecular flexibility index (Phi) is 6.79. The van der Waals surface area contributed by atoms with Crippen LogP contribution in [0.4, 0.5) is 5.69 Å². The van der Waals surface area contributed by atoms with Crippen LogP contribution in [0.1, 0.15) is 29.8 Å². The number of nitrogens with two attached hydrogens (primary N) is 1. The summed E-state index contributed by atoms with van der Waals surface area (Å²) in [5, 5.41) is 10.7. The van der Waals surface area contributed by atoms with Crippen LogP contribution in [-0.2, 0) is 0 Å². The van der Waals surface area contributed by atoms with Gasteiger partial charge in [0.25, 0.3) is 11.6 Å². The number of hydrogen-bond acceptors (Lipinski definition) is 4. The molecule has 0 aliphatic carbocycles. The standard InChI is InChI=1S/C14H21N3O3.ClH/c1-10-7-11(17(19)20)5-6-12(10)13(18)16(4)9-14(2,3)8-15;/h5-7H,8-9,15H2,1-4H3;1H. The van der Waals surface area contributed by atoms with Crippen LogP contribution in [-0.4, -0.2) is 35.9 Å². The summed E-state index contributed by atoms with van der Waals surface area (Å²) in [6.07, 6.45) is 0. The lowest BCUT2D eigenvalue weighted by Crippen LogP contribution is -2.40. The van der Waals surface area contributed by atoms with E-state index in [1.54, 1.807) is 18.9 Å². The second kappa shape index (κ2) is 7.38. The van der Waals surface area contributed by atoms with Gasteiger partial charge in [0.2, 0.25) is 0 Å². The van der Waals surface area contributed by atoms with Crippen molar-refractivity contribution in [1.82, 2.24) is 4.90 Å². The van der Waals surface area contributed by atoms with Gasteiger partial charge in [-0.3, -0.25) is 14.9 Å². The third kappa shape index (κ3) is 4.99. The molecule has 1 amide bonds. The fourth-order valence-electron chi connectivity index (χ4n) is 1.99. The molecule has 118 valence electrons. The molecule has 1 aromatic carbocycles. The van der Waals surface area contributed by atoms with Crippen molar-refractivity contribution in [3.8, 4) is 0 Å². The Morgan fingerprint density at radius 3 is 2.43 bits per heavy atom. The number of amides is 1. The van der Waals surface area contributed by atoms with E-state index in [1.165, 1.54) is 18.2 Å². The molecule has 0 radical (unpaired) electrons. The fraction of sp³-hybridized carbons (Fsp3) is 0.500. The van der Waals surface area contributed by atoms with Gasteiger partial charge in [0.1, 0.15) is 0 Å². The predicted molar refractivity (Wildman–Crippen MR) is 84.9 cm³/mol. The first-order valence-corrected chi connectivity index (χ1v) is 6.38. The van der Waals surface area contributed by atoms with Gasteiger partial charge in [-0.1, -0.05) is 13.8 Å². The van der Waals surface area contributed by atoms with Crippen LogP contribution in [0.3, 0.4) is 0 Å². The average molecular weight is 316 g/mol. The summed E-state index contributed by atoms with van der Waals surface area (Å²) in [4.78, 5) is 24.2. The summed E-state index contributed by atoms with van der Waals surface area (Å²) in [5.74, 6) is -0.154. The molecule has 1 rings (SSSR count). The molecule has 0 saturated heterocycles. The Morgan fingerprint density at radius 2 is 2.00 bits per heavy atom. The largest absolute Gasteiger partial charge is 0.341 e. The van der Waals surface area contributed by atoms with Gasteiger partial charge in [-0.05, 0) is 30.5 Å². The molecule has 1 aromatic rings. The minimum absolute atomic E-state index is 0. The molecule has 0 unspecified atom stereocenters. The van der Waals surface area contributed by atoms with E-state index in [0.717, 1.165) is 0 Å². The molecule has 0 atom stereocenters.